The van der Waals surface area contributed by atoms with Gasteiger partial charge in [-0.3, -0.25) is 19.7 Å². The molecule has 8 nitrogen and oxygen atoms in total. The Morgan fingerprint density at radius 1 is 1.29 bits per heavy atom. The number of hydrogen-bond donors (Lipinski definition) is 2. The minimum absolute atomic E-state index is 0.133. The molecule has 21 heavy (non-hydrogen) atoms. The molecule has 0 aliphatic rings. The second-order valence-electron chi connectivity index (χ2n) is 4.14. The predicted octanol–water partition coefficient (Wildman–Crippen LogP) is 1.22. The quantitative estimate of drug-likeness (QED) is 0.631. The highest BCUT2D eigenvalue weighted by molar-refractivity contribution is 5.93. The van der Waals surface area contributed by atoms with E-state index in [0.717, 1.165) is 6.07 Å². The minimum atomic E-state index is -0.729. The van der Waals surface area contributed by atoms with E-state index >= 15 is 0 Å². The van der Waals surface area contributed by atoms with Crippen LogP contribution in [0, 0.1) is 10.1 Å². The highest BCUT2D eigenvalue weighted by atomic mass is 16.6. The Morgan fingerprint density at radius 3 is 2.67 bits per heavy atom. The summed E-state index contributed by atoms with van der Waals surface area (Å²) in [4.78, 5) is 32.5. The van der Waals surface area contributed by atoms with Crippen LogP contribution >= 0.6 is 0 Å². The van der Waals surface area contributed by atoms with E-state index < -0.39 is 22.6 Å². The summed E-state index contributed by atoms with van der Waals surface area (Å²) < 4.78 is 4.77. The lowest BCUT2D eigenvalue weighted by Gasteiger charge is -2.04. The van der Waals surface area contributed by atoms with Crippen molar-refractivity contribution in [3.63, 3.8) is 0 Å². The molecular formula is C13H11N3O5. The number of nitrogens with one attached hydrogen (secondary N) is 1. The van der Waals surface area contributed by atoms with Crippen LogP contribution < -0.4 is 11.1 Å². The maximum Gasteiger partial charge on any atom is 0.433 e. The third kappa shape index (κ3) is 3.44. The van der Waals surface area contributed by atoms with Gasteiger partial charge in [0, 0.05) is 12.1 Å². The summed E-state index contributed by atoms with van der Waals surface area (Å²) in [5.41, 5.74) is 6.15. The standard InChI is InChI=1S/C13H11N3O5/c14-12(17)9-3-1-2-8(6-9)7-15-13(18)10-4-5-11(21-10)16(19)20/h1-6H,7H2,(H2,14,17)(H,15,18). The smallest absolute Gasteiger partial charge is 0.395 e. The summed E-state index contributed by atoms with van der Waals surface area (Å²) in [6, 6.07) is 8.77. The second-order valence-corrected chi connectivity index (χ2v) is 4.14. The summed E-state index contributed by atoms with van der Waals surface area (Å²) in [5, 5.41) is 13.0. The first kappa shape index (κ1) is 14.3. The van der Waals surface area contributed by atoms with Crippen LogP contribution in [-0.2, 0) is 6.54 Å². The molecule has 0 aliphatic heterocycles. The predicted molar refractivity (Wildman–Crippen MR) is 71.5 cm³/mol. The molecule has 2 aromatic rings. The van der Waals surface area contributed by atoms with Crippen LogP contribution in [0.2, 0.25) is 0 Å². The average molecular weight is 289 g/mol. The fourth-order valence-electron chi connectivity index (χ4n) is 1.65. The van der Waals surface area contributed by atoms with E-state index in [9.17, 15) is 19.7 Å². The number of amides is 2. The average Bonchev–Trinajstić information content (AvgIpc) is 2.95. The van der Waals surface area contributed by atoms with Crippen molar-refractivity contribution >= 4 is 17.7 Å². The number of nitrogens with zero attached hydrogens (tertiary/aromatic N) is 1. The van der Waals surface area contributed by atoms with Gasteiger partial charge in [-0.1, -0.05) is 12.1 Å². The van der Waals surface area contributed by atoms with Crippen molar-refractivity contribution in [1.82, 2.24) is 5.32 Å². The van der Waals surface area contributed by atoms with Crippen LogP contribution in [0.3, 0.4) is 0 Å². The Morgan fingerprint density at radius 2 is 2.05 bits per heavy atom. The zero-order valence-electron chi connectivity index (χ0n) is 10.7. The first-order chi connectivity index (χ1) is 9.97. The van der Waals surface area contributed by atoms with Gasteiger partial charge in [0.15, 0.2) is 5.76 Å². The molecule has 2 rings (SSSR count). The topological polar surface area (TPSA) is 128 Å². The molecule has 1 aromatic heterocycles. The van der Waals surface area contributed by atoms with Crippen LogP contribution in [0.15, 0.2) is 40.8 Å². The van der Waals surface area contributed by atoms with E-state index in [0.29, 0.717) is 11.1 Å². The van der Waals surface area contributed by atoms with Gasteiger partial charge < -0.3 is 15.5 Å². The van der Waals surface area contributed by atoms with Crippen molar-refractivity contribution in [2.24, 2.45) is 5.73 Å². The van der Waals surface area contributed by atoms with Crippen molar-refractivity contribution in [2.45, 2.75) is 6.54 Å². The summed E-state index contributed by atoms with van der Waals surface area (Å²) >= 11 is 0. The first-order valence-corrected chi connectivity index (χ1v) is 5.88. The van der Waals surface area contributed by atoms with Crippen molar-refractivity contribution in [3.8, 4) is 0 Å². The molecule has 0 aliphatic carbocycles. The summed E-state index contributed by atoms with van der Waals surface area (Å²) in [7, 11) is 0. The van der Waals surface area contributed by atoms with Gasteiger partial charge in [-0.2, -0.15) is 0 Å². The fraction of sp³-hybridized carbons (Fsp3) is 0.0769. The van der Waals surface area contributed by atoms with E-state index in [1.165, 1.54) is 6.07 Å². The number of rotatable bonds is 5. The Hall–Kier alpha value is -3.16. The number of primary amides is 1. The molecule has 0 spiro atoms. The largest absolute Gasteiger partial charge is 0.433 e. The number of nitro groups is 1. The lowest BCUT2D eigenvalue weighted by atomic mass is 10.1. The summed E-state index contributed by atoms with van der Waals surface area (Å²) in [6.07, 6.45) is 0. The lowest BCUT2D eigenvalue weighted by Crippen LogP contribution is -2.22. The molecule has 0 saturated carbocycles. The van der Waals surface area contributed by atoms with Crippen molar-refractivity contribution in [1.29, 1.82) is 0 Å². The number of furan rings is 1. The summed E-state index contributed by atoms with van der Waals surface area (Å²) in [6.45, 7) is 0.133. The molecule has 0 saturated heterocycles. The van der Waals surface area contributed by atoms with Crippen LogP contribution in [0.5, 0.6) is 0 Å². The number of carbonyl (C=O) groups excluding carboxylic acids is 2. The van der Waals surface area contributed by atoms with Crippen LogP contribution in [0.25, 0.3) is 0 Å². The molecule has 108 valence electrons. The zero-order chi connectivity index (χ0) is 15.4. The zero-order valence-corrected chi connectivity index (χ0v) is 10.7. The number of carbonyl (C=O) groups is 2. The Balaban J connectivity index is 2.02. The van der Waals surface area contributed by atoms with Crippen molar-refractivity contribution < 1.29 is 18.9 Å². The van der Waals surface area contributed by atoms with Gasteiger partial charge in [0.1, 0.15) is 4.92 Å². The maximum atomic E-state index is 11.8. The molecule has 0 radical (unpaired) electrons. The van der Waals surface area contributed by atoms with Crippen molar-refractivity contribution in [2.75, 3.05) is 0 Å². The lowest BCUT2D eigenvalue weighted by molar-refractivity contribution is -0.402. The molecule has 3 N–H and O–H groups in total. The van der Waals surface area contributed by atoms with Gasteiger partial charge in [0.05, 0.1) is 6.07 Å². The molecule has 1 aromatic carbocycles. The third-order valence-electron chi connectivity index (χ3n) is 2.66. The molecule has 1 heterocycles. The number of nitrogens with two attached hydrogens (primary N) is 1. The molecular weight excluding hydrogens is 278 g/mol. The Bertz CT molecular complexity index is 707. The maximum absolute atomic E-state index is 11.8. The minimum Gasteiger partial charge on any atom is -0.395 e. The monoisotopic (exact) mass is 289 g/mol. The van der Waals surface area contributed by atoms with Crippen LogP contribution in [0.4, 0.5) is 5.88 Å². The van der Waals surface area contributed by atoms with Gasteiger partial charge in [0.25, 0.3) is 5.91 Å². The normalized spacial score (nSPS) is 10.1. The van der Waals surface area contributed by atoms with Crippen molar-refractivity contribution in [3.05, 3.63) is 63.4 Å². The van der Waals surface area contributed by atoms with Gasteiger partial charge >= 0.3 is 5.88 Å². The van der Waals surface area contributed by atoms with Gasteiger partial charge in [-0.25, -0.2) is 0 Å². The third-order valence-corrected chi connectivity index (χ3v) is 2.66. The van der Waals surface area contributed by atoms with Crippen LogP contribution in [0.1, 0.15) is 26.5 Å². The van der Waals surface area contributed by atoms with Gasteiger partial charge in [0.2, 0.25) is 5.91 Å². The van der Waals surface area contributed by atoms with Gasteiger partial charge in [-0.15, -0.1) is 0 Å². The highest BCUT2D eigenvalue weighted by Crippen LogP contribution is 2.15. The SMILES string of the molecule is NC(=O)c1cccc(CNC(=O)c2ccc([N+](=O)[O-])o2)c1. The van der Waals surface area contributed by atoms with E-state index in [-0.39, 0.29) is 12.3 Å². The Kier molecular flexibility index (Phi) is 3.98. The summed E-state index contributed by atoms with van der Waals surface area (Å²) in [5.74, 6) is -1.82. The van der Waals surface area contributed by atoms with Gasteiger partial charge in [-0.05, 0) is 23.8 Å². The molecule has 0 fully saturated rings. The molecule has 2 amide bonds. The number of benzene rings is 1. The van der Waals surface area contributed by atoms with E-state index in [4.69, 9.17) is 10.2 Å². The molecule has 0 atom stereocenters. The second kappa shape index (κ2) is 5.87. The highest BCUT2D eigenvalue weighted by Gasteiger charge is 2.16. The van der Waals surface area contributed by atoms with E-state index in [1.54, 1.807) is 24.3 Å². The number of hydrogen-bond acceptors (Lipinski definition) is 5. The Labute approximate surface area is 118 Å². The molecule has 0 bridgehead atoms. The van der Waals surface area contributed by atoms with E-state index in [1.807, 2.05) is 0 Å². The van der Waals surface area contributed by atoms with E-state index in [2.05, 4.69) is 5.32 Å². The molecule has 0 unspecified atom stereocenters. The fourth-order valence-corrected chi connectivity index (χ4v) is 1.65. The van der Waals surface area contributed by atoms with Crippen LogP contribution in [-0.4, -0.2) is 16.7 Å². The molecule has 8 heteroatoms. The first-order valence-electron chi connectivity index (χ1n) is 5.88.